The predicted molar refractivity (Wildman–Crippen MR) is 94.5 cm³/mol. The lowest BCUT2D eigenvalue weighted by Gasteiger charge is -2.10. The molecule has 1 rings (SSSR count). The van der Waals surface area contributed by atoms with Crippen molar-refractivity contribution in [1.29, 1.82) is 0 Å². The third-order valence-corrected chi connectivity index (χ3v) is 6.28. The summed E-state index contributed by atoms with van der Waals surface area (Å²) >= 11 is 1.25. The van der Waals surface area contributed by atoms with Crippen LogP contribution in [0.15, 0.2) is 21.3 Å². The molecule has 0 aliphatic heterocycles. The number of ether oxygens (including phenoxy) is 1. The molecule has 132 valence electrons. The van der Waals surface area contributed by atoms with Crippen molar-refractivity contribution in [2.75, 3.05) is 40.9 Å². The number of sulfonamides is 1. The Morgan fingerprint density at radius 1 is 1.35 bits per heavy atom. The van der Waals surface area contributed by atoms with E-state index in [-0.39, 0.29) is 0 Å². The van der Waals surface area contributed by atoms with Crippen molar-refractivity contribution in [2.45, 2.75) is 24.1 Å². The highest BCUT2D eigenvalue weighted by molar-refractivity contribution is 7.91. The predicted octanol–water partition coefficient (Wildman–Crippen LogP) is 1.09. The van der Waals surface area contributed by atoms with Crippen LogP contribution in [-0.4, -0.2) is 59.6 Å². The van der Waals surface area contributed by atoms with E-state index in [0.717, 1.165) is 24.4 Å². The van der Waals surface area contributed by atoms with Gasteiger partial charge >= 0.3 is 0 Å². The van der Waals surface area contributed by atoms with E-state index in [1.54, 1.807) is 19.2 Å². The average Bonchev–Trinajstić information content (AvgIpc) is 2.98. The molecule has 1 aromatic heterocycles. The van der Waals surface area contributed by atoms with Crippen LogP contribution in [0, 0.1) is 0 Å². The molecule has 7 nitrogen and oxygen atoms in total. The first kappa shape index (κ1) is 19.9. The Morgan fingerprint density at radius 2 is 2.09 bits per heavy atom. The Balaban J connectivity index is 2.67. The Kier molecular flexibility index (Phi) is 8.53. The molecule has 2 N–H and O–H groups in total. The lowest BCUT2D eigenvalue weighted by atomic mass is 10.4. The molecule has 0 bridgehead atoms. The molecular formula is C14H26N4O3S2. The van der Waals surface area contributed by atoms with Crippen molar-refractivity contribution < 1.29 is 13.2 Å². The maximum absolute atomic E-state index is 12.1. The number of hydrogen-bond donors (Lipinski definition) is 2. The topological polar surface area (TPSA) is 83.0 Å². The minimum atomic E-state index is -3.37. The Bertz CT molecular complexity index is 597. The van der Waals surface area contributed by atoms with Gasteiger partial charge in [0.2, 0.25) is 0 Å². The fourth-order valence-corrected chi connectivity index (χ4v) is 4.13. The fraction of sp³-hybridized carbons (Fsp3) is 0.643. The molecule has 1 aromatic rings. The molecule has 23 heavy (non-hydrogen) atoms. The maximum atomic E-state index is 12.1. The monoisotopic (exact) mass is 362 g/mol. The lowest BCUT2D eigenvalue weighted by molar-refractivity contribution is 0.195. The van der Waals surface area contributed by atoms with Crippen LogP contribution in [0.4, 0.5) is 0 Å². The molecule has 0 radical (unpaired) electrons. The number of guanidine groups is 1. The number of nitrogens with one attached hydrogen (secondary N) is 2. The van der Waals surface area contributed by atoms with Crippen molar-refractivity contribution in [3.8, 4) is 0 Å². The van der Waals surface area contributed by atoms with Crippen LogP contribution in [-0.2, 0) is 21.3 Å². The quantitative estimate of drug-likeness (QED) is 0.390. The van der Waals surface area contributed by atoms with Crippen LogP contribution in [0.25, 0.3) is 0 Å². The van der Waals surface area contributed by atoms with Crippen molar-refractivity contribution >= 4 is 27.3 Å². The summed E-state index contributed by atoms with van der Waals surface area (Å²) in [6.07, 6.45) is 0.894. The smallest absolute Gasteiger partial charge is 0.252 e. The highest BCUT2D eigenvalue weighted by Gasteiger charge is 2.19. The second kappa shape index (κ2) is 9.86. The van der Waals surface area contributed by atoms with Gasteiger partial charge in [0.05, 0.1) is 6.54 Å². The summed E-state index contributed by atoms with van der Waals surface area (Å²) < 4.78 is 30.7. The van der Waals surface area contributed by atoms with Gasteiger partial charge in [0, 0.05) is 45.8 Å². The van der Waals surface area contributed by atoms with Gasteiger partial charge < -0.3 is 15.4 Å². The summed E-state index contributed by atoms with van der Waals surface area (Å²) in [4.78, 5) is 5.38. The van der Waals surface area contributed by atoms with E-state index in [4.69, 9.17) is 4.74 Å². The summed E-state index contributed by atoms with van der Waals surface area (Å²) in [7, 11) is 1.36. The van der Waals surface area contributed by atoms with Crippen molar-refractivity contribution in [3.05, 3.63) is 17.0 Å². The molecule has 0 aliphatic carbocycles. The van der Waals surface area contributed by atoms with Gasteiger partial charge in [-0.1, -0.05) is 0 Å². The van der Waals surface area contributed by atoms with E-state index in [9.17, 15) is 8.42 Å². The summed E-state index contributed by atoms with van der Waals surface area (Å²) in [6, 6.07) is 3.43. The van der Waals surface area contributed by atoms with Gasteiger partial charge in [0.15, 0.2) is 5.96 Å². The first-order chi connectivity index (χ1) is 10.9. The number of aliphatic imine (C=N–C) groups is 1. The number of hydrogen-bond acceptors (Lipinski definition) is 5. The van der Waals surface area contributed by atoms with Gasteiger partial charge in [-0.3, -0.25) is 0 Å². The Labute approximate surface area is 142 Å². The molecule has 0 fully saturated rings. The fourth-order valence-electron chi connectivity index (χ4n) is 1.68. The van der Waals surface area contributed by atoms with Gasteiger partial charge in [-0.2, -0.15) is 0 Å². The second-order valence-corrected chi connectivity index (χ2v) is 8.52. The van der Waals surface area contributed by atoms with E-state index in [0.29, 0.717) is 23.3 Å². The lowest BCUT2D eigenvalue weighted by Crippen LogP contribution is -2.38. The molecule has 0 unspecified atom stereocenters. The van der Waals surface area contributed by atoms with Crippen LogP contribution in [0.1, 0.15) is 18.2 Å². The zero-order valence-electron chi connectivity index (χ0n) is 14.1. The molecule has 0 aliphatic rings. The minimum Gasteiger partial charge on any atom is -0.385 e. The normalized spacial score (nSPS) is 12.7. The van der Waals surface area contributed by atoms with Crippen molar-refractivity contribution in [3.63, 3.8) is 0 Å². The molecule has 0 amide bonds. The molecule has 0 aromatic carbocycles. The first-order valence-electron chi connectivity index (χ1n) is 7.44. The molecule has 1 heterocycles. The van der Waals surface area contributed by atoms with E-state index >= 15 is 0 Å². The molecule has 9 heteroatoms. The summed E-state index contributed by atoms with van der Waals surface area (Å²) in [5.41, 5.74) is 0. The Hall–Kier alpha value is -1.16. The van der Waals surface area contributed by atoms with E-state index < -0.39 is 10.0 Å². The number of thiophene rings is 1. The van der Waals surface area contributed by atoms with Crippen LogP contribution in [0.3, 0.4) is 0 Å². The summed E-state index contributed by atoms with van der Waals surface area (Å²) in [5, 5.41) is 6.38. The standard InChI is InChI=1S/C14H26N4O3S2/c1-5-15-14(16-9-6-10-21-4)17-11-12-7-8-13(22-12)23(19,20)18(2)3/h7-8H,5-6,9-11H2,1-4H3,(H2,15,16,17). The second-order valence-electron chi connectivity index (χ2n) is 4.98. The highest BCUT2D eigenvalue weighted by Crippen LogP contribution is 2.24. The van der Waals surface area contributed by atoms with E-state index in [1.165, 1.54) is 29.7 Å². The number of nitrogens with zero attached hydrogens (tertiary/aromatic N) is 2. The van der Waals surface area contributed by atoms with E-state index in [1.807, 2.05) is 6.92 Å². The highest BCUT2D eigenvalue weighted by atomic mass is 32.2. The largest absolute Gasteiger partial charge is 0.385 e. The van der Waals surface area contributed by atoms with Crippen LogP contribution in [0.2, 0.25) is 0 Å². The molecule has 0 atom stereocenters. The zero-order valence-corrected chi connectivity index (χ0v) is 15.8. The van der Waals surface area contributed by atoms with Crippen molar-refractivity contribution in [2.24, 2.45) is 4.99 Å². The summed E-state index contributed by atoms with van der Waals surface area (Å²) in [5.74, 6) is 0.717. The Morgan fingerprint density at radius 3 is 2.70 bits per heavy atom. The van der Waals surface area contributed by atoms with Crippen LogP contribution < -0.4 is 10.6 Å². The summed E-state index contributed by atoms with van der Waals surface area (Å²) in [6.45, 7) is 4.67. The van der Waals surface area contributed by atoms with E-state index in [2.05, 4.69) is 15.6 Å². The zero-order chi connectivity index (χ0) is 17.3. The number of rotatable bonds is 9. The molecular weight excluding hydrogens is 336 g/mol. The molecule has 0 saturated carbocycles. The van der Waals surface area contributed by atoms with Gasteiger partial charge in [-0.05, 0) is 25.5 Å². The van der Waals surface area contributed by atoms with Gasteiger partial charge in [0.1, 0.15) is 4.21 Å². The molecule has 0 spiro atoms. The third-order valence-electron chi connectivity index (χ3n) is 2.93. The van der Waals surface area contributed by atoms with Gasteiger partial charge in [0.25, 0.3) is 10.0 Å². The first-order valence-corrected chi connectivity index (χ1v) is 9.69. The maximum Gasteiger partial charge on any atom is 0.252 e. The molecule has 0 saturated heterocycles. The van der Waals surface area contributed by atoms with Crippen LogP contribution >= 0.6 is 11.3 Å². The minimum absolute atomic E-state index is 0.339. The van der Waals surface area contributed by atoms with Gasteiger partial charge in [-0.15, -0.1) is 11.3 Å². The SMILES string of the molecule is CCNC(=NCc1ccc(S(=O)(=O)N(C)C)s1)NCCCOC. The third kappa shape index (κ3) is 6.46. The van der Waals surface area contributed by atoms with Gasteiger partial charge in [-0.25, -0.2) is 17.7 Å². The van der Waals surface area contributed by atoms with Crippen LogP contribution in [0.5, 0.6) is 0 Å². The van der Waals surface area contributed by atoms with Crippen molar-refractivity contribution in [1.82, 2.24) is 14.9 Å². The number of methoxy groups -OCH3 is 1. The average molecular weight is 363 g/mol.